The van der Waals surface area contributed by atoms with Crippen LogP contribution in [0.15, 0.2) is 23.3 Å². The summed E-state index contributed by atoms with van der Waals surface area (Å²) in [6.45, 7) is 18.0. The molecule has 8 atom stereocenters. The minimum absolute atomic E-state index is 0.0267. The summed E-state index contributed by atoms with van der Waals surface area (Å²) in [6, 6.07) is 0. The molecule has 4 fully saturated rings. The summed E-state index contributed by atoms with van der Waals surface area (Å²) in [5.74, 6) is -0.635. The maximum Gasteiger partial charge on any atom is 0.313 e. The predicted octanol–water partition coefficient (Wildman–Crippen LogP) is 7.72. The topological polar surface area (TPSA) is 63.6 Å². The molecule has 200 valence electrons. The van der Waals surface area contributed by atoms with Crippen molar-refractivity contribution < 1.29 is 19.4 Å². The first-order valence-corrected chi connectivity index (χ1v) is 14.4. The molecule has 0 saturated heterocycles. The molecule has 5 rings (SSSR count). The first-order chi connectivity index (χ1) is 16.5. The standard InChI is InChI=1S/C32H48O4/c1-20(33)36-25-12-13-29(5)23-10-9-21-22-19-27(2,3)15-16-28(22,4)17-18-30(21,6)31(23,7)14-11-24(29)32(25,8)26(34)35/h9-10,22,24-25H,11-19H2,1-8H3,(H,34,35)/t22-,24+,25+,28+,29+,30+,31+,32+/m0/s1. The number of ether oxygens (including phenoxy) is 1. The van der Waals surface area contributed by atoms with E-state index in [-0.39, 0.29) is 28.1 Å². The van der Waals surface area contributed by atoms with Gasteiger partial charge in [0, 0.05) is 6.92 Å². The number of allylic oxidation sites excluding steroid dienone is 4. The minimum Gasteiger partial charge on any atom is -0.481 e. The average molecular weight is 497 g/mol. The molecular formula is C32H48O4. The second-order valence-corrected chi connectivity index (χ2v) is 15.2. The van der Waals surface area contributed by atoms with Gasteiger partial charge in [-0.2, -0.15) is 0 Å². The summed E-state index contributed by atoms with van der Waals surface area (Å²) in [7, 11) is 0. The van der Waals surface area contributed by atoms with Crippen molar-refractivity contribution in [3.8, 4) is 0 Å². The SMILES string of the molecule is CC(=O)O[C@@H]1CC[C@]2(C)C3=CC=C4[C@@H]5CC(C)(C)CC[C@]5(C)CC[C@@]4(C)[C@]3(C)CC[C@H]2[C@@]1(C)C(=O)O. The van der Waals surface area contributed by atoms with Gasteiger partial charge in [0.1, 0.15) is 11.5 Å². The Morgan fingerprint density at radius 2 is 1.53 bits per heavy atom. The van der Waals surface area contributed by atoms with E-state index >= 15 is 0 Å². The molecule has 4 heteroatoms. The van der Waals surface area contributed by atoms with E-state index in [1.807, 2.05) is 6.92 Å². The Hall–Kier alpha value is -1.58. The van der Waals surface area contributed by atoms with E-state index in [0.717, 1.165) is 19.3 Å². The van der Waals surface area contributed by atoms with Gasteiger partial charge in [0.15, 0.2) is 0 Å². The lowest BCUT2D eigenvalue weighted by Crippen LogP contribution is -2.63. The molecule has 0 amide bonds. The molecule has 0 radical (unpaired) electrons. The number of esters is 1. The van der Waals surface area contributed by atoms with Crippen LogP contribution in [0.3, 0.4) is 0 Å². The molecule has 0 heterocycles. The zero-order chi connectivity index (χ0) is 26.5. The molecule has 0 aromatic carbocycles. The van der Waals surface area contributed by atoms with Gasteiger partial charge in [0.25, 0.3) is 0 Å². The lowest BCUT2D eigenvalue weighted by molar-refractivity contribution is -0.192. The summed E-state index contributed by atoms with van der Waals surface area (Å²) in [6.07, 6.45) is 14.1. The van der Waals surface area contributed by atoms with Gasteiger partial charge in [-0.15, -0.1) is 0 Å². The second-order valence-electron chi connectivity index (χ2n) is 15.2. The van der Waals surface area contributed by atoms with E-state index in [1.54, 1.807) is 5.57 Å². The Morgan fingerprint density at radius 3 is 2.17 bits per heavy atom. The van der Waals surface area contributed by atoms with Crippen LogP contribution in [0.4, 0.5) is 0 Å². The zero-order valence-corrected chi connectivity index (χ0v) is 23.9. The minimum atomic E-state index is -1.08. The van der Waals surface area contributed by atoms with Gasteiger partial charge in [-0.05, 0) is 104 Å². The molecule has 0 spiro atoms. The van der Waals surface area contributed by atoms with Crippen LogP contribution in [-0.4, -0.2) is 23.1 Å². The molecule has 0 bridgehead atoms. The van der Waals surface area contributed by atoms with Crippen LogP contribution < -0.4 is 0 Å². The second kappa shape index (κ2) is 7.73. The van der Waals surface area contributed by atoms with Gasteiger partial charge in [-0.25, -0.2) is 0 Å². The summed E-state index contributed by atoms with van der Waals surface area (Å²) in [5, 5.41) is 10.5. The van der Waals surface area contributed by atoms with Gasteiger partial charge in [-0.3, -0.25) is 9.59 Å². The highest BCUT2D eigenvalue weighted by Crippen LogP contribution is 2.74. The fraction of sp³-hybridized carbons (Fsp3) is 0.812. The van der Waals surface area contributed by atoms with Crippen LogP contribution in [0.1, 0.15) is 113 Å². The van der Waals surface area contributed by atoms with Crippen molar-refractivity contribution >= 4 is 11.9 Å². The third kappa shape index (κ3) is 3.24. The molecule has 4 nitrogen and oxygen atoms in total. The number of carboxylic acid groups (broad SMARTS) is 1. The van der Waals surface area contributed by atoms with Gasteiger partial charge in [-0.1, -0.05) is 64.8 Å². The van der Waals surface area contributed by atoms with Crippen molar-refractivity contribution in [3.05, 3.63) is 23.3 Å². The normalized spacial score (nSPS) is 49.3. The number of rotatable bonds is 2. The summed E-state index contributed by atoms with van der Waals surface area (Å²) >= 11 is 0. The maximum atomic E-state index is 12.8. The summed E-state index contributed by atoms with van der Waals surface area (Å²) in [5.41, 5.74) is 2.76. The van der Waals surface area contributed by atoms with Crippen LogP contribution in [0, 0.1) is 44.3 Å². The Balaban J connectivity index is 1.61. The lowest BCUT2D eigenvalue weighted by atomic mass is 9.36. The van der Waals surface area contributed by atoms with E-state index in [0.29, 0.717) is 23.2 Å². The number of carbonyl (C=O) groups excluding carboxylic acids is 1. The molecular weight excluding hydrogens is 448 g/mol. The Morgan fingerprint density at radius 1 is 0.861 bits per heavy atom. The Labute approximate surface area is 218 Å². The fourth-order valence-corrected chi connectivity index (χ4v) is 10.2. The number of fused-ring (bicyclic) bond motifs is 7. The fourth-order valence-electron chi connectivity index (χ4n) is 10.2. The van der Waals surface area contributed by atoms with Crippen molar-refractivity contribution in [1.29, 1.82) is 0 Å². The maximum absolute atomic E-state index is 12.8. The molecule has 0 aromatic heterocycles. The third-order valence-electron chi connectivity index (χ3n) is 12.8. The highest BCUT2D eigenvalue weighted by molar-refractivity contribution is 5.77. The number of carboxylic acids is 1. The molecule has 0 unspecified atom stereocenters. The molecule has 0 aliphatic heterocycles. The third-order valence-corrected chi connectivity index (χ3v) is 12.8. The number of aliphatic carboxylic acids is 1. The van der Waals surface area contributed by atoms with Crippen molar-refractivity contribution in [2.45, 2.75) is 119 Å². The van der Waals surface area contributed by atoms with Gasteiger partial charge < -0.3 is 9.84 Å². The van der Waals surface area contributed by atoms with E-state index in [4.69, 9.17) is 4.74 Å². The predicted molar refractivity (Wildman–Crippen MR) is 142 cm³/mol. The van der Waals surface area contributed by atoms with Gasteiger partial charge >= 0.3 is 11.9 Å². The number of hydrogen-bond acceptors (Lipinski definition) is 3. The smallest absolute Gasteiger partial charge is 0.313 e. The van der Waals surface area contributed by atoms with Gasteiger partial charge in [0.2, 0.25) is 0 Å². The van der Waals surface area contributed by atoms with Crippen molar-refractivity contribution in [2.24, 2.45) is 44.3 Å². The largest absolute Gasteiger partial charge is 0.481 e. The zero-order valence-electron chi connectivity index (χ0n) is 23.9. The van der Waals surface area contributed by atoms with Crippen LogP contribution in [0.25, 0.3) is 0 Å². The molecule has 0 aromatic rings. The van der Waals surface area contributed by atoms with E-state index in [9.17, 15) is 14.7 Å². The number of carbonyl (C=O) groups is 2. The van der Waals surface area contributed by atoms with Gasteiger partial charge in [0.05, 0.1) is 0 Å². The highest BCUT2D eigenvalue weighted by Gasteiger charge is 2.68. The molecule has 36 heavy (non-hydrogen) atoms. The average Bonchev–Trinajstić information content (AvgIpc) is 2.77. The first kappa shape index (κ1) is 26.0. The quantitative estimate of drug-likeness (QED) is 0.397. The lowest BCUT2D eigenvalue weighted by Gasteiger charge is -2.68. The highest BCUT2D eigenvalue weighted by atomic mass is 16.5. The van der Waals surface area contributed by atoms with Crippen LogP contribution in [0.2, 0.25) is 0 Å². The summed E-state index contributed by atoms with van der Waals surface area (Å²) < 4.78 is 5.67. The summed E-state index contributed by atoms with van der Waals surface area (Å²) in [4.78, 5) is 24.7. The van der Waals surface area contributed by atoms with Crippen LogP contribution in [0.5, 0.6) is 0 Å². The molecule has 5 aliphatic rings. The van der Waals surface area contributed by atoms with Crippen LogP contribution in [-0.2, 0) is 14.3 Å². The monoisotopic (exact) mass is 496 g/mol. The molecule has 4 saturated carbocycles. The van der Waals surface area contributed by atoms with E-state index in [2.05, 4.69) is 53.7 Å². The van der Waals surface area contributed by atoms with Crippen molar-refractivity contribution in [3.63, 3.8) is 0 Å². The Bertz CT molecular complexity index is 1050. The van der Waals surface area contributed by atoms with Crippen molar-refractivity contribution in [2.75, 3.05) is 0 Å². The molecule has 5 aliphatic carbocycles. The van der Waals surface area contributed by atoms with E-state index < -0.39 is 17.5 Å². The van der Waals surface area contributed by atoms with Crippen LogP contribution >= 0.6 is 0 Å². The van der Waals surface area contributed by atoms with Crippen molar-refractivity contribution in [1.82, 2.24) is 0 Å². The Kier molecular flexibility index (Phi) is 5.59. The number of hydrogen-bond donors (Lipinski definition) is 1. The van der Waals surface area contributed by atoms with E-state index in [1.165, 1.54) is 44.6 Å². The first-order valence-electron chi connectivity index (χ1n) is 14.4. The molecule has 1 N–H and O–H groups in total.